The Bertz CT molecular complexity index is 907. The summed E-state index contributed by atoms with van der Waals surface area (Å²) in [6.45, 7) is 4.49. The monoisotopic (exact) mass is 488 g/mol. The van der Waals surface area contributed by atoms with Crippen molar-refractivity contribution in [2.45, 2.75) is 117 Å². The number of hydrogen-bond acceptors (Lipinski definition) is 2. The van der Waals surface area contributed by atoms with E-state index in [4.69, 9.17) is 4.74 Å². The lowest BCUT2D eigenvalue weighted by molar-refractivity contribution is -0.134. The Morgan fingerprint density at radius 3 is 1.89 bits per heavy atom. The van der Waals surface area contributed by atoms with Crippen LogP contribution in [0.2, 0.25) is 0 Å². The molecular weight excluding hydrogens is 440 g/mol. The fourth-order valence-corrected chi connectivity index (χ4v) is 5.27. The lowest BCUT2D eigenvalue weighted by Gasteiger charge is -2.22. The van der Waals surface area contributed by atoms with Crippen molar-refractivity contribution in [2.24, 2.45) is 5.92 Å². The zero-order valence-electron chi connectivity index (χ0n) is 22.9. The summed E-state index contributed by atoms with van der Waals surface area (Å²) in [7, 11) is 0. The first-order valence-electron chi connectivity index (χ1n) is 14.8. The van der Waals surface area contributed by atoms with Crippen LogP contribution < -0.4 is 4.74 Å². The molecule has 1 atom stereocenters. The molecule has 196 valence electrons. The third kappa shape index (κ3) is 9.96. The Morgan fingerprint density at radius 2 is 1.28 bits per heavy atom. The standard InChI is InChI=1S/C34H48O2/c1-3-5-7-9-11-12-14-28-16-18-29(19-17-28)30-20-22-31(23-21-30)32-24-26-33(27-25-32)36-34(35)15-13-10-8-6-4-2/h18,20-28H,3-17,19H2,1-2H3. The van der Waals surface area contributed by atoms with E-state index in [2.05, 4.69) is 44.2 Å². The number of ether oxygens (including phenoxy) is 1. The second kappa shape index (κ2) is 16.4. The number of rotatable bonds is 16. The van der Waals surface area contributed by atoms with E-state index in [0.29, 0.717) is 12.2 Å². The second-order valence-electron chi connectivity index (χ2n) is 10.7. The normalized spacial score (nSPS) is 15.5. The second-order valence-corrected chi connectivity index (χ2v) is 10.7. The molecule has 2 nitrogen and oxygen atoms in total. The highest BCUT2D eigenvalue weighted by molar-refractivity contribution is 5.74. The van der Waals surface area contributed by atoms with Gasteiger partial charge in [0.1, 0.15) is 5.75 Å². The van der Waals surface area contributed by atoms with Crippen LogP contribution in [-0.4, -0.2) is 5.97 Å². The minimum atomic E-state index is -0.126. The van der Waals surface area contributed by atoms with Gasteiger partial charge in [0.15, 0.2) is 0 Å². The van der Waals surface area contributed by atoms with Gasteiger partial charge >= 0.3 is 5.97 Å². The summed E-state index contributed by atoms with van der Waals surface area (Å²) in [5.74, 6) is 1.39. The van der Waals surface area contributed by atoms with Gasteiger partial charge in [0, 0.05) is 6.42 Å². The summed E-state index contributed by atoms with van der Waals surface area (Å²) < 4.78 is 5.52. The van der Waals surface area contributed by atoms with Crippen LogP contribution >= 0.6 is 0 Å². The smallest absolute Gasteiger partial charge is 0.311 e. The number of esters is 1. The summed E-state index contributed by atoms with van der Waals surface area (Å²) in [5.41, 5.74) is 5.22. The van der Waals surface area contributed by atoms with Crippen molar-refractivity contribution >= 4 is 11.5 Å². The van der Waals surface area contributed by atoms with E-state index < -0.39 is 0 Å². The molecule has 0 heterocycles. The van der Waals surface area contributed by atoms with Gasteiger partial charge in [-0.05, 0) is 66.0 Å². The van der Waals surface area contributed by atoms with Crippen LogP contribution in [0.4, 0.5) is 0 Å². The number of unbranched alkanes of at least 4 members (excludes halogenated alkanes) is 9. The van der Waals surface area contributed by atoms with Gasteiger partial charge in [-0.15, -0.1) is 0 Å². The number of benzene rings is 2. The molecule has 0 spiro atoms. The zero-order chi connectivity index (χ0) is 25.4. The van der Waals surface area contributed by atoms with Crippen LogP contribution in [0, 0.1) is 5.92 Å². The molecule has 0 fully saturated rings. The molecule has 0 amide bonds. The number of carbonyl (C=O) groups excluding carboxylic acids is 1. The third-order valence-corrected chi connectivity index (χ3v) is 7.64. The largest absolute Gasteiger partial charge is 0.427 e. The first kappa shape index (κ1) is 28.2. The van der Waals surface area contributed by atoms with E-state index in [1.54, 1.807) is 0 Å². The van der Waals surface area contributed by atoms with Crippen molar-refractivity contribution in [3.05, 3.63) is 60.2 Å². The molecule has 0 radical (unpaired) electrons. The lowest BCUT2D eigenvalue weighted by atomic mass is 9.83. The summed E-state index contributed by atoms with van der Waals surface area (Å²) in [5, 5.41) is 0. The molecule has 0 saturated carbocycles. The molecule has 0 aromatic heterocycles. The van der Waals surface area contributed by atoms with Crippen LogP contribution in [-0.2, 0) is 4.79 Å². The maximum Gasteiger partial charge on any atom is 0.311 e. The third-order valence-electron chi connectivity index (χ3n) is 7.64. The number of carbonyl (C=O) groups is 1. The van der Waals surface area contributed by atoms with Crippen LogP contribution in [0.15, 0.2) is 54.6 Å². The Balaban J connectivity index is 1.42. The molecule has 0 saturated heterocycles. The van der Waals surface area contributed by atoms with Gasteiger partial charge < -0.3 is 4.74 Å². The Hall–Kier alpha value is -2.35. The van der Waals surface area contributed by atoms with Gasteiger partial charge in [0.25, 0.3) is 0 Å². The average molecular weight is 489 g/mol. The van der Waals surface area contributed by atoms with Gasteiger partial charge in [-0.1, -0.05) is 127 Å². The SMILES string of the molecule is CCCCCCCCC1CC=C(c2ccc(-c3ccc(OC(=O)CCCCCCC)cc3)cc2)CC1. The Labute approximate surface area is 220 Å². The summed E-state index contributed by atoms with van der Waals surface area (Å²) >= 11 is 0. The quantitative estimate of drug-likeness (QED) is 0.133. The van der Waals surface area contributed by atoms with E-state index in [1.165, 1.54) is 100 Å². The highest BCUT2D eigenvalue weighted by Gasteiger charge is 2.15. The Morgan fingerprint density at radius 1 is 0.722 bits per heavy atom. The van der Waals surface area contributed by atoms with E-state index in [0.717, 1.165) is 24.3 Å². The fourth-order valence-electron chi connectivity index (χ4n) is 5.27. The highest BCUT2D eigenvalue weighted by atomic mass is 16.5. The molecule has 2 aromatic carbocycles. The molecule has 36 heavy (non-hydrogen) atoms. The van der Waals surface area contributed by atoms with Crippen molar-refractivity contribution in [1.29, 1.82) is 0 Å². The van der Waals surface area contributed by atoms with Gasteiger partial charge in [-0.2, -0.15) is 0 Å². The molecular formula is C34H48O2. The molecule has 0 aliphatic heterocycles. The molecule has 1 unspecified atom stereocenters. The van der Waals surface area contributed by atoms with Crippen LogP contribution in [0.3, 0.4) is 0 Å². The minimum absolute atomic E-state index is 0.126. The Kier molecular flexibility index (Phi) is 12.9. The summed E-state index contributed by atoms with van der Waals surface area (Å²) in [6, 6.07) is 16.9. The van der Waals surface area contributed by atoms with E-state index >= 15 is 0 Å². The maximum atomic E-state index is 12.1. The zero-order valence-corrected chi connectivity index (χ0v) is 22.9. The topological polar surface area (TPSA) is 26.3 Å². The van der Waals surface area contributed by atoms with E-state index in [-0.39, 0.29) is 5.97 Å². The molecule has 0 N–H and O–H groups in total. The van der Waals surface area contributed by atoms with E-state index in [9.17, 15) is 4.79 Å². The predicted molar refractivity (Wildman–Crippen MR) is 154 cm³/mol. The molecule has 2 heteroatoms. The number of hydrogen-bond donors (Lipinski definition) is 0. The van der Waals surface area contributed by atoms with Crippen LogP contribution in [0.25, 0.3) is 16.7 Å². The van der Waals surface area contributed by atoms with Gasteiger partial charge in [-0.3, -0.25) is 4.79 Å². The maximum absolute atomic E-state index is 12.1. The van der Waals surface area contributed by atoms with Gasteiger partial charge in [-0.25, -0.2) is 0 Å². The molecule has 2 aromatic rings. The molecule has 0 bridgehead atoms. The summed E-state index contributed by atoms with van der Waals surface area (Å²) in [4.78, 5) is 12.1. The van der Waals surface area contributed by atoms with Crippen molar-refractivity contribution < 1.29 is 9.53 Å². The van der Waals surface area contributed by atoms with Crippen molar-refractivity contribution in [3.63, 3.8) is 0 Å². The number of allylic oxidation sites excluding steroid dienone is 2. The average Bonchev–Trinajstić information content (AvgIpc) is 2.91. The van der Waals surface area contributed by atoms with Crippen LogP contribution in [0.1, 0.15) is 122 Å². The predicted octanol–water partition coefficient (Wildman–Crippen LogP) is 10.6. The molecule has 1 aliphatic carbocycles. The first-order chi connectivity index (χ1) is 17.7. The van der Waals surface area contributed by atoms with E-state index in [1.807, 2.05) is 24.3 Å². The lowest BCUT2D eigenvalue weighted by Crippen LogP contribution is -2.07. The highest BCUT2D eigenvalue weighted by Crippen LogP contribution is 2.34. The molecule has 3 rings (SSSR count). The van der Waals surface area contributed by atoms with Crippen LogP contribution in [0.5, 0.6) is 5.75 Å². The van der Waals surface area contributed by atoms with Gasteiger partial charge in [0.05, 0.1) is 0 Å². The van der Waals surface area contributed by atoms with Crippen molar-refractivity contribution in [1.82, 2.24) is 0 Å². The van der Waals surface area contributed by atoms with Gasteiger partial charge in [0.2, 0.25) is 0 Å². The van der Waals surface area contributed by atoms with Crippen molar-refractivity contribution in [2.75, 3.05) is 0 Å². The molecule has 1 aliphatic rings. The summed E-state index contributed by atoms with van der Waals surface area (Å²) in [6.07, 6.45) is 22.3. The first-order valence-corrected chi connectivity index (χ1v) is 14.8. The minimum Gasteiger partial charge on any atom is -0.427 e. The van der Waals surface area contributed by atoms with Crippen molar-refractivity contribution in [3.8, 4) is 16.9 Å². The fraction of sp³-hybridized carbons (Fsp3) is 0.559.